The van der Waals surface area contributed by atoms with Gasteiger partial charge in [-0.3, -0.25) is 4.79 Å². The smallest absolute Gasteiger partial charge is 0.279 e. The summed E-state index contributed by atoms with van der Waals surface area (Å²) in [7, 11) is 6.91. The van der Waals surface area contributed by atoms with Crippen molar-refractivity contribution in [2.75, 3.05) is 44.5 Å². The lowest BCUT2D eigenvalue weighted by atomic mass is 10.3. The summed E-state index contributed by atoms with van der Waals surface area (Å²) in [5.74, 6) is 1.34. The molecule has 6 nitrogen and oxygen atoms in total. The molecule has 144 valence electrons. The molecule has 1 atom stereocenters. The summed E-state index contributed by atoms with van der Waals surface area (Å²) in [4.78, 5) is 34.4. The molecule has 0 aliphatic rings. The molecule has 1 aromatic carbocycles. The van der Waals surface area contributed by atoms with E-state index >= 15 is 0 Å². The number of hydrogen-bond acceptors (Lipinski definition) is 5. The standard InChI is InChI=1S/C17H25N2O4PS2/c1-19(2,3)13-17(22)24(23)15-7-5-14(6-8-15)18-16(21)9-12-26-25-11-4-10-20/h5-8,10H,4,9,11-13H2,1-3H3,(H-,18,21,22)/p+1. The Bertz CT molecular complexity index is 631. The van der Waals surface area contributed by atoms with Gasteiger partial charge in [-0.25, -0.2) is 0 Å². The van der Waals surface area contributed by atoms with Crippen molar-refractivity contribution in [3.8, 4) is 0 Å². The SMILES string of the molecule is C[N+](C)(C)C/C(O)=[P+](\[O-])c1ccc(NC(=O)CCSSCCC=O)cc1. The first-order valence-electron chi connectivity index (χ1n) is 8.13. The van der Waals surface area contributed by atoms with E-state index in [2.05, 4.69) is 5.32 Å². The van der Waals surface area contributed by atoms with Crippen LogP contribution < -0.4 is 15.5 Å². The maximum Gasteiger partial charge on any atom is 0.279 e. The number of quaternary nitrogens is 1. The van der Waals surface area contributed by atoms with Crippen molar-refractivity contribution >= 4 is 58.0 Å². The zero-order valence-electron chi connectivity index (χ0n) is 15.3. The van der Waals surface area contributed by atoms with Gasteiger partial charge in [0.25, 0.3) is 5.48 Å². The Kier molecular flexibility index (Phi) is 10.5. The van der Waals surface area contributed by atoms with Gasteiger partial charge in [0.1, 0.15) is 19.4 Å². The number of hydrogen-bond donors (Lipinski definition) is 2. The summed E-state index contributed by atoms with van der Waals surface area (Å²) in [5, 5.41) is 13.3. The molecule has 0 aromatic heterocycles. The van der Waals surface area contributed by atoms with Crippen molar-refractivity contribution in [1.29, 1.82) is 0 Å². The highest BCUT2D eigenvalue weighted by Crippen LogP contribution is 2.22. The Balaban J connectivity index is 2.50. The van der Waals surface area contributed by atoms with E-state index < -0.39 is 7.77 Å². The molecule has 0 heterocycles. The number of benzene rings is 1. The Morgan fingerprint density at radius 1 is 1.23 bits per heavy atom. The highest BCUT2D eigenvalue weighted by atomic mass is 33.1. The third-order valence-corrected chi connectivity index (χ3v) is 6.87. The van der Waals surface area contributed by atoms with E-state index in [1.54, 1.807) is 45.9 Å². The van der Waals surface area contributed by atoms with Crippen LogP contribution in [0.25, 0.3) is 0 Å². The molecule has 26 heavy (non-hydrogen) atoms. The van der Waals surface area contributed by atoms with E-state index in [4.69, 9.17) is 0 Å². The molecular weight excluding hydrogens is 391 g/mol. The lowest BCUT2D eigenvalue weighted by molar-refractivity contribution is -0.861. The number of nitrogens with one attached hydrogen (secondary N) is 1. The molecule has 2 N–H and O–H groups in total. The molecular formula is C17H26N2O4PS2+. The van der Waals surface area contributed by atoms with Crippen LogP contribution in [-0.2, 0) is 9.59 Å². The van der Waals surface area contributed by atoms with Gasteiger partial charge in [0.05, 0.1) is 21.1 Å². The van der Waals surface area contributed by atoms with Crippen molar-refractivity contribution in [3.05, 3.63) is 24.3 Å². The van der Waals surface area contributed by atoms with Crippen LogP contribution in [0, 0.1) is 0 Å². The number of carbonyl (C=O) groups is 2. The van der Waals surface area contributed by atoms with Crippen molar-refractivity contribution in [2.24, 2.45) is 0 Å². The number of aliphatic hydroxyl groups excluding tert-OH is 1. The Morgan fingerprint density at radius 3 is 2.42 bits per heavy atom. The first-order valence-corrected chi connectivity index (χ1v) is 11.9. The number of likely N-dealkylation sites (N-methyl/N-ethyl adjacent to an activating group) is 1. The molecule has 1 aromatic rings. The summed E-state index contributed by atoms with van der Waals surface area (Å²) < 4.78 is 0.493. The second kappa shape index (κ2) is 11.7. The molecule has 0 aliphatic heterocycles. The van der Waals surface area contributed by atoms with Crippen molar-refractivity contribution in [1.82, 2.24) is 0 Å². The Labute approximate surface area is 163 Å². The quantitative estimate of drug-likeness (QED) is 0.187. The molecule has 0 saturated heterocycles. The molecule has 9 heteroatoms. The van der Waals surface area contributed by atoms with Crippen LogP contribution in [0.15, 0.2) is 24.3 Å². The van der Waals surface area contributed by atoms with Crippen LogP contribution >= 0.6 is 29.4 Å². The predicted molar refractivity (Wildman–Crippen MR) is 112 cm³/mol. The van der Waals surface area contributed by atoms with Gasteiger partial charge in [0, 0.05) is 30.0 Å². The highest BCUT2D eigenvalue weighted by molar-refractivity contribution is 8.76. The molecule has 0 fully saturated rings. The summed E-state index contributed by atoms with van der Waals surface area (Å²) in [5.41, 5.74) is 0.597. The van der Waals surface area contributed by atoms with Gasteiger partial charge >= 0.3 is 0 Å². The van der Waals surface area contributed by atoms with Crippen LogP contribution in [0.4, 0.5) is 5.69 Å². The van der Waals surface area contributed by atoms with Crippen LogP contribution in [0.2, 0.25) is 0 Å². The molecule has 0 radical (unpaired) electrons. The fourth-order valence-corrected chi connectivity index (χ4v) is 5.10. The molecule has 0 spiro atoms. The van der Waals surface area contributed by atoms with Gasteiger partial charge in [-0.05, 0) is 24.3 Å². The molecule has 1 rings (SSSR count). The predicted octanol–water partition coefficient (Wildman–Crippen LogP) is 1.58. The summed E-state index contributed by atoms with van der Waals surface area (Å²) in [6.45, 7) is 0.316. The van der Waals surface area contributed by atoms with Gasteiger partial charge in [0.15, 0.2) is 6.54 Å². The van der Waals surface area contributed by atoms with Gasteiger partial charge in [-0.1, -0.05) is 21.6 Å². The number of anilines is 1. The van der Waals surface area contributed by atoms with Gasteiger partial charge in [-0.2, -0.15) is 0 Å². The third kappa shape index (κ3) is 9.71. The zero-order valence-corrected chi connectivity index (χ0v) is 17.8. The number of rotatable bonds is 11. The van der Waals surface area contributed by atoms with E-state index in [0.29, 0.717) is 40.6 Å². The van der Waals surface area contributed by atoms with Crippen LogP contribution in [0.3, 0.4) is 0 Å². The number of amides is 1. The van der Waals surface area contributed by atoms with E-state index in [9.17, 15) is 19.6 Å². The molecule has 0 aliphatic carbocycles. The lowest BCUT2D eigenvalue weighted by Crippen LogP contribution is -2.40. The summed E-state index contributed by atoms with van der Waals surface area (Å²) in [6.07, 6.45) is 1.80. The fourth-order valence-electron chi connectivity index (χ4n) is 1.89. The van der Waals surface area contributed by atoms with Crippen LogP contribution in [0.1, 0.15) is 12.8 Å². The highest BCUT2D eigenvalue weighted by Gasteiger charge is 2.19. The molecule has 1 amide bonds. The Hall–Kier alpha value is -0.890. The largest absolute Gasteiger partial charge is 0.624 e. The first kappa shape index (κ1) is 23.1. The minimum Gasteiger partial charge on any atom is -0.624 e. The molecule has 0 bridgehead atoms. The van der Waals surface area contributed by atoms with E-state index in [-0.39, 0.29) is 11.4 Å². The number of carbonyl (C=O) groups excluding carboxylic acids is 2. The maximum absolute atomic E-state index is 12.3. The minimum atomic E-state index is -1.99. The minimum absolute atomic E-state index is 0.0339. The van der Waals surface area contributed by atoms with E-state index in [1.165, 1.54) is 0 Å². The summed E-state index contributed by atoms with van der Waals surface area (Å²) >= 11 is 0. The monoisotopic (exact) mass is 417 g/mol. The van der Waals surface area contributed by atoms with Gasteiger partial charge in [0.2, 0.25) is 5.91 Å². The third-order valence-electron chi connectivity index (χ3n) is 3.05. The lowest BCUT2D eigenvalue weighted by Gasteiger charge is -2.22. The maximum atomic E-state index is 12.3. The normalized spacial score (nSPS) is 12.5. The van der Waals surface area contributed by atoms with E-state index in [1.807, 2.05) is 21.1 Å². The number of nitrogens with zero attached hydrogens (tertiary/aromatic N) is 1. The fraction of sp³-hybridized carbons (Fsp3) is 0.471. The molecule has 1 unspecified atom stereocenters. The average molecular weight is 418 g/mol. The second-order valence-electron chi connectivity index (χ2n) is 6.60. The van der Waals surface area contributed by atoms with Gasteiger partial charge in [-0.15, -0.1) is 0 Å². The number of aldehydes is 1. The number of aliphatic hydroxyl groups is 1. The van der Waals surface area contributed by atoms with Crippen molar-refractivity contribution in [3.63, 3.8) is 0 Å². The van der Waals surface area contributed by atoms with Gasteiger partial charge < -0.3 is 24.6 Å². The second-order valence-corrected chi connectivity index (χ2v) is 10.9. The van der Waals surface area contributed by atoms with Crippen molar-refractivity contribution in [2.45, 2.75) is 12.8 Å². The van der Waals surface area contributed by atoms with E-state index in [0.717, 1.165) is 12.0 Å². The van der Waals surface area contributed by atoms with Crippen LogP contribution in [-0.4, -0.2) is 66.5 Å². The Morgan fingerprint density at radius 2 is 1.85 bits per heavy atom. The average Bonchev–Trinajstić information content (AvgIpc) is 2.56. The van der Waals surface area contributed by atoms with Crippen molar-refractivity contribution < 1.29 is 24.1 Å². The summed E-state index contributed by atoms with van der Waals surface area (Å²) in [6, 6.07) is 6.69. The van der Waals surface area contributed by atoms with Crippen LogP contribution in [0.5, 0.6) is 0 Å². The first-order chi connectivity index (χ1) is 12.2. The topological polar surface area (TPSA) is 89.5 Å². The molecule has 0 saturated carbocycles. The zero-order chi connectivity index (χ0) is 19.6.